The second kappa shape index (κ2) is 3.88. The molecule has 17 heavy (non-hydrogen) atoms. The van der Waals surface area contributed by atoms with Gasteiger partial charge in [-0.3, -0.25) is 4.31 Å². The van der Waals surface area contributed by atoms with Crippen molar-refractivity contribution in [1.29, 1.82) is 0 Å². The van der Waals surface area contributed by atoms with E-state index in [0.29, 0.717) is 12.2 Å². The van der Waals surface area contributed by atoms with Crippen molar-refractivity contribution in [3.63, 3.8) is 0 Å². The summed E-state index contributed by atoms with van der Waals surface area (Å²) in [5.74, 6) is 0. The summed E-state index contributed by atoms with van der Waals surface area (Å²) in [7, 11) is -3.27. The molecule has 2 rings (SSSR count). The number of nitrogens with zero attached hydrogens (tertiary/aromatic N) is 1. The predicted molar refractivity (Wildman–Crippen MR) is 74.0 cm³/mol. The van der Waals surface area contributed by atoms with Crippen molar-refractivity contribution >= 4 is 37.3 Å². The molecule has 0 amide bonds. The van der Waals surface area contributed by atoms with Crippen LogP contribution in [0.2, 0.25) is 0 Å². The minimum atomic E-state index is -3.27. The highest BCUT2D eigenvalue weighted by atomic mass is 79.9. The number of fused-ring (bicyclic) bond motifs is 1. The van der Waals surface area contributed by atoms with Crippen LogP contribution in [0.25, 0.3) is 0 Å². The van der Waals surface area contributed by atoms with Crippen LogP contribution in [0.15, 0.2) is 22.7 Å². The topological polar surface area (TPSA) is 49.4 Å². The van der Waals surface area contributed by atoms with Gasteiger partial charge in [0, 0.05) is 4.47 Å². The third-order valence-electron chi connectivity index (χ3n) is 2.65. The maximum absolute atomic E-state index is 11.9. The quantitative estimate of drug-likeness (QED) is 0.865. The summed E-state index contributed by atoms with van der Waals surface area (Å²) in [6.07, 6.45) is 1.23. The number of anilines is 2. The van der Waals surface area contributed by atoms with Crippen molar-refractivity contribution in [2.75, 3.05) is 22.4 Å². The highest BCUT2D eigenvalue weighted by Gasteiger charge is 2.35. The summed E-state index contributed by atoms with van der Waals surface area (Å²) in [4.78, 5) is 0. The second-order valence-corrected chi connectivity index (χ2v) is 7.68. The van der Waals surface area contributed by atoms with Gasteiger partial charge in [-0.15, -0.1) is 0 Å². The van der Waals surface area contributed by atoms with Crippen LogP contribution in [-0.2, 0) is 10.0 Å². The lowest BCUT2D eigenvalue weighted by atomic mass is 10.0. The molecule has 0 unspecified atom stereocenters. The Hall–Kier alpha value is -0.750. The number of halogens is 1. The summed E-state index contributed by atoms with van der Waals surface area (Å²) >= 11 is 3.41. The van der Waals surface area contributed by atoms with Crippen LogP contribution in [0.1, 0.15) is 13.8 Å². The molecule has 0 aliphatic carbocycles. The van der Waals surface area contributed by atoms with E-state index in [1.807, 2.05) is 32.0 Å². The van der Waals surface area contributed by atoms with Crippen molar-refractivity contribution in [1.82, 2.24) is 0 Å². The average Bonchev–Trinajstić information content (AvgIpc) is 2.13. The molecule has 1 aromatic rings. The first-order chi connectivity index (χ1) is 7.71. The van der Waals surface area contributed by atoms with Crippen molar-refractivity contribution < 1.29 is 8.42 Å². The van der Waals surface area contributed by atoms with Crippen molar-refractivity contribution in [2.24, 2.45) is 0 Å². The van der Waals surface area contributed by atoms with E-state index in [2.05, 4.69) is 21.2 Å². The van der Waals surface area contributed by atoms with E-state index in [0.717, 1.165) is 10.2 Å². The summed E-state index contributed by atoms with van der Waals surface area (Å²) in [5, 5.41) is 3.34. The minimum absolute atomic E-state index is 0.281. The molecule has 4 nitrogen and oxygen atoms in total. The lowest BCUT2D eigenvalue weighted by molar-refractivity contribution is 0.546. The van der Waals surface area contributed by atoms with Gasteiger partial charge in [-0.25, -0.2) is 8.42 Å². The molecule has 0 bridgehead atoms. The first-order valence-electron chi connectivity index (χ1n) is 5.25. The first-order valence-corrected chi connectivity index (χ1v) is 7.89. The number of nitrogens with one attached hydrogen (secondary N) is 1. The fraction of sp³-hybridized carbons (Fsp3) is 0.455. The van der Waals surface area contributed by atoms with Gasteiger partial charge in [-0.2, -0.15) is 0 Å². The van der Waals surface area contributed by atoms with E-state index in [1.54, 1.807) is 0 Å². The lowest BCUT2D eigenvalue weighted by Crippen LogP contribution is -2.50. The summed E-state index contributed by atoms with van der Waals surface area (Å²) in [6.45, 7) is 4.38. The van der Waals surface area contributed by atoms with Crippen LogP contribution in [0.3, 0.4) is 0 Å². The van der Waals surface area contributed by atoms with Crippen LogP contribution >= 0.6 is 15.9 Å². The molecular formula is C11H15BrN2O2S. The molecule has 0 radical (unpaired) electrons. The Balaban J connectivity index is 2.65. The molecule has 1 aliphatic heterocycles. The fourth-order valence-electron chi connectivity index (χ4n) is 1.99. The van der Waals surface area contributed by atoms with Crippen LogP contribution in [0, 0.1) is 0 Å². The molecule has 0 spiro atoms. The third-order valence-corrected chi connectivity index (χ3v) is 4.40. The van der Waals surface area contributed by atoms with E-state index >= 15 is 0 Å². The van der Waals surface area contributed by atoms with Gasteiger partial charge in [-0.05, 0) is 41.9 Å². The minimum Gasteiger partial charge on any atom is -0.377 e. The number of sulfonamides is 1. The maximum Gasteiger partial charge on any atom is 0.232 e. The number of hydrogen-bond acceptors (Lipinski definition) is 3. The van der Waals surface area contributed by atoms with Gasteiger partial charge in [0.2, 0.25) is 10.0 Å². The highest BCUT2D eigenvalue weighted by molar-refractivity contribution is 9.10. The predicted octanol–water partition coefficient (Wildman–Crippen LogP) is 2.42. The van der Waals surface area contributed by atoms with Crippen LogP contribution in [-0.4, -0.2) is 26.8 Å². The summed E-state index contributed by atoms with van der Waals surface area (Å²) in [6, 6.07) is 5.62. The zero-order valence-corrected chi connectivity index (χ0v) is 12.4. The van der Waals surface area contributed by atoms with Gasteiger partial charge >= 0.3 is 0 Å². The molecule has 0 fully saturated rings. The molecule has 1 aromatic carbocycles. The van der Waals surface area contributed by atoms with Gasteiger partial charge in [0.1, 0.15) is 0 Å². The van der Waals surface area contributed by atoms with Crippen LogP contribution in [0.5, 0.6) is 0 Å². The monoisotopic (exact) mass is 318 g/mol. The Morgan fingerprint density at radius 2 is 2.06 bits per heavy atom. The molecular weight excluding hydrogens is 304 g/mol. The molecule has 94 valence electrons. The van der Waals surface area contributed by atoms with Crippen molar-refractivity contribution in [3.8, 4) is 0 Å². The molecule has 0 aromatic heterocycles. The van der Waals surface area contributed by atoms with E-state index < -0.39 is 10.0 Å². The maximum atomic E-state index is 11.9. The largest absolute Gasteiger partial charge is 0.377 e. The number of para-hydroxylation sites is 1. The zero-order chi connectivity index (χ0) is 12.8. The van der Waals surface area contributed by atoms with Gasteiger partial charge in [0.05, 0.1) is 29.7 Å². The van der Waals surface area contributed by atoms with E-state index in [4.69, 9.17) is 0 Å². The molecule has 1 aliphatic rings. The molecule has 6 heteroatoms. The Labute approximate surface area is 110 Å². The standard InChI is InChI=1S/C11H15BrN2O2S/c1-11(2)7-14(17(3,15)16)10-8(12)5-4-6-9(10)13-11/h4-6,13H,7H2,1-3H3. The summed E-state index contributed by atoms with van der Waals surface area (Å²) < 4.78 is 26.0. The van der Waals surface area contributed by atoms with E-state index in [1.165, 1.54) is 10.6 Å². The molecule has 1 N–H and O–H groups in total. The third kappa shape index (κ3) is 2.42. The summed E-state index contributed by atoms with van der Waals surface area (Å²) in [5.41, 5.74) is 1.24. The zero-order valence-electron chi connectivity index (χ0n) is 9.99. The normalized spacial score (nSPS) is 18.5. The Bertz CT molecular complexity index is 555. The van der Waals surface area contributed by atoms with E-state index in [9.17, 15) is 8.42 Å². The molecule has 0 saturated carbocycles. The number of benzene rings is 1. The van der Waals surface area contributed by atoms with Gasteiger partial charge in [-0.1, -0.05) is 6.07 Å². The second-order valence-electron chi connectivity index (χ2n) is 4.91. The average molecular weight is 319 g/mol. The van der Waals surface area contributed by atoms with Gasteiger partial charge < -0.3 is 5.32 Å². The lowest BCUT2D eigenvalue weighted by Gasteiger charge is -2.41. The Morgan fingerprint density at radius 3 is 2.65 bits per heavy atom. The fourth-order valence-corrected chi connectivity index (χ4v) is 3.78. The highest BCUT2D eigenvalue weighted by Crippen LogP contribution is 2.40. The van der Waals surface area contributed by atoms with E-state index in [-0.39, 0.29) is 5.54 Å². The smallest absolute Gasteiger partial charge is 0.232 e. The van der Waals surface area contributed by atoms with Crippen LogP contribution in [0.4, 0.5) is 11.4 Å². The first kappa shape index (κ1) is 12.7. The van der Waals surface area contributed by atoms with Crippen LogP contribution < -0.4 is 9.62 Å². The van der Waals surface area contributed by atoms with Gasteiger partial charge in [0.25, 0.3) is 0 Å². The SMILES string of the molecule is CC1(C)CN(S(C)(=O)=O)c2c(Br)cccc2N1. The Morgan fingerprint density at radius 1 is 1.41 bits per heavy atom. The number of hydrogen-bond donors (Lipinski definition) is 1. The molecule has 0 atom stereocenters. The molecule has 1 heterocycles. The Kier molecular flexibility index (Phi) is 2.90. The van der Waals surface area contributed by atoms with Crippen molar-refractivity contribution in [3.05, 3.63) is 22.7 Å². The van der Waals surface area contributed by atoms with Crippen molar-refractivity contribution in [2.45, 2.75) is 19.4 Å². The van der Waals surface area contributed by atoms with Gasteiger partial charge in [0.15, 0.2) is 0 Å². The number of rotatable bonds is 1. The molecule has 0 saturated heterocycles.